The van der Waals surface area contributed by atoms with Crippen LogP contribution in [0.4, 0.5) is 0 Å². The van der Waals surface area contributed by atoms with Crippen molar-refractivity contribution >= 4 is 49.1 Å². The van der Waals surface area contributed by atoms with Gasteiger partial charge in [-0.1, -0.05) is 46.3 Å². The van der Waals surface area contributed by atoms with E-state index in [0.717, 1.165) is 5.33 Å². The number of halogens is 3. The van der Waals surface area contributed by atoms with Crippen molar-refractivity contribution in [2.75, 3.05) is 0 Å². The van der Waals surface area contributed by atoms with Gasteiger partial charge in [0, 0.05) is 5.33 Å². The maximum atomic E-state index is 8.35. The van der Waals surface area contributed by atoms with Crippen LogP contribution in [0.5, 0.6) is 0 Å². The van der Waals surface area contributed by atoms with E-state index in [0.29, 0.717) is 0 Å². The summed E-state index contributed by atoms with van der Waals surface area (Å²) < 4.78 is 16.7. The molecule has 0 spiro atoms. The molecule has 2 nitrogen and oxygen atoms in total. The molecule has 0 amide bonds. The van der Waals surface area contributed by atoms with Crippen molar-refractivity contribution in [1.29, 1.82) is 0 Å². The van der Waals surface area contributed by atoms with E-state index in [1.807, 2.05) is 18.2 Å². The zero-order chi connectivity index (χ0) is 8.53. The van der Waals surface area contributed by atoms with Crippen molar-refractivity contribution < 1.29 is 9.13 Å². The molecule has 0 aliphatic heterocycles. The van der Waals surface area contributed by atoms with Gasteiger partial charge in [0.05, 0.1) is 0 Å². The van der Waals surface area contributed by atoms with Crippen molar-refractivity contribution in [2.24, 2.45) is 0 Å². The van der Waals surface area contributed by atoms with Crippen LogP contribution in [0.3, 0.4) is 0 Å². The molecule has 0 bridgehead atoms. The topological polar surface area (TPSA) is 34.1 Å². The molecule has 0 atom stereocenters. The Kier molecular flexibility index (Phi) is 21.6. The van der Waals surface area contributed by atoms with Crippen LogP contribution in [0.2, 0.25) is 0 Å². The molecule has 0 aliphatic rings. The normalized spacial score (nSPS) is 6.23. The van der Waals surface area contributed by atoms with Gasteiger partial charge in [-0.2, -0.15) is 0 Å². The van der Waals surface area contributed by atoms with Gasteiger partial charge in [0.1, 0.15) is 0 Å². The number of alkyl halides is 1. The Balaban J connectivity index is -0.000000180. The van der Waals surface area contributed by atoms with Crippen LogP contribution in [-0.4, -0.2) is 0 Å². The zero-order valence-corrected chi connectivity index (χ0v) is 10.7. The molecule has 0 aliphatic carbocycles. The Morgan fingerprint density at radius 1 is 1.08 bits per heavy atom. The molecule has 6 heteroatoms. The van der Waals surface area contributed by atoms with Crippen molar-refractivity contribution in [3.05, 3.63) is 35.9 Å². The van der Waals surface area contributed by atoms with Crippen molar-refractivity contribution in [1.82, 2.24) is 0 Å². The van der Waals surface area contributed by atoms with Crippen LogP contribution < -0.4 is 0 Å². The van der Waals surface area contributed by atoms with E-state index >= 15 is 0 Å². The Hall–Kier alpha value is 0.310. The van der Waals surface area contributed by atoms with Crippen molar-refractivity contribution in [2.45, 2.75) is 5.33 Å². The first-order chi connectivity index (χ1) is 5.35. The Morgan fingerprint density at radius 2 is 1.46 bits per heavy atom. The van der Waals surface area contributed by atoms with Crippen LogP contribution in [-0.2, 0) is 14.5 Å². The van der Waals surface area contributed by atoms with E-state index in [1.54, 1.807) is 0 Å². The first-order valence-electron chi connectivity index (χ1n) is 2.90. The van der Waals surface area contributed by atoms with Crippen molar-refractivity contribution in [3.63, 3.8) is 0 Å². The van der Waals surface area contributed by atoms with Gasteiger partial charge in [-0.05, 0) is 5.56 Å². The van der Waals surface area contributed by atoms with E-state index in [9.17, 15) is 0 Å². The number of hydrogen-bond donors (Lipinski definition) is 0. The molecular formula is C7H9BrCl2O2P+. The van der Waals surface area contributed by atoms with Gasteiger partial charge < -0.3 is 0 Å². The second-order valence-corrected chi connectivity index (χ2v) is 2.40. The molecule has 0 saturated heterocycles. The Morgan fingerprint density at radius 3 is 1.69 bits per heavy atom. The van der Waals surface area contributed by atoms with E-state index in [-0.39, 0.29) is 24.8 Å². The first-order valence-corrected chi connectivity index (χ1v) is 4.75. The molecule has 0 unspecified atom stereocenters. The predicted octanol–water partition coefficient (Wildman–Crippen LogP) is 4.05. The average molecular weight is 307 g/mol. The summed E-state index contributed by atoms with van der Waals surface area (Å²) >= 11 is 3.36. The first kappa shape index (κ1) is 19.0. The minimum atomic E-state index is -1.08. The summed E-state index contributed by atoms with van der Waals surface area (Å²) in [7, 11) is -1.08. The molecule has 1 aromatic carbocycles. The molecule has 0 heterocycles. The summed E-state index contributed by atoms with van der Waals surface area (Å²) in [6, 6.07) is 10.3. The fourth-order valence-electron chi connectivity index (χ4n) is 0.567. The number of rotatable bonds is 1. The molecule has 0 radical (unpaired) electrons. The zero-order valence-electron chi connectivity index (χ0n) is 6.55. The summed E-state index contributed by atoms with van der Waals surface area (Å²) in [5.41, 5.74) is 1.33. The SMILES string of the molecule is BrCc1ccccc1.Cl.Cl.O=[P+]=O. The fraction of sp³-hybridized carbons (Fsp3) is 0.143. The molecule has 13 heavy (non-hydrogen) atoms. The van der Waals surface area contributed by atoms with Gasteiger partial charge in [0.2, 0.25) is 0 Å². The predicted molar refractivity (Wildman–Crippen MR) is 61.9 cm³/mol. The van der Waals surface area contributed by atoms with Gasteiger partial charge in [-0.15, -0.1) is 24.8 Å². The van der Waals surface area contributed by atoms with E-state index in [1.165, 1.54) is 5.56 Å². The number of benzene rings is 1. The fourth-order valence-corrected chi connectivity index (χ4v) is 0.941. The molecule has 0 N–H and O–H groups in total. The third-order valence-corrected chi connectivity index (χ3v) is 1.64. The summed E-state index contributed by atoms with van der Waals surface area (Å²) in [5, 5.41) is 0.952. The van der Waals surface area contributed by atoms with Crippen LogP contribution in [0, 0.1) is 0 Å². The Labute approximate surface area is 99.3 Å². The van der Waals surface area contributed by atoms with Crippen LogP contribution in [0.1, 0.15) is 5.56 Å². The van der Waals surface area contributed by atoms with E-state index in [4.69, 9.17) is 9.13 Å². The number of hydrogen-bond acceptors (Lipinski definition) is 2. The third-order valence-electron chi connectivity index (χ3n) is 0.997. The standard InChI is InChI=1S/C7H7Br.2ClH.O2P/c8-6-7-4-2-1-3-5-7;;;1-3-2/h1-5H,6H2;2*1H;/q;;;+1. The summed E-state index contributed by atoms with van der Waals surface area (Å²) in [4.78, 5) is 0. The monoisotopic (exact) mass is 305 g/mol. The second-order valence-electron chi connectivity index (χ2n) is 1.69. The molecule has 74 valence electrons. The molecule has 0 aromatic heterocycles. The maximum absolute atomic E-state index is 8.35. The summed E-state index contributed by atoms with van der Waals surface area (Å²) in [6.07, 6.45) is 0. The van der Waals surface area contributed by atoms with Crippen LogP contribution in [0.15, 0.2) is 30.3 Å². The summed E-state index contributed by atoms with van der Waals surface area (Å²) in [5.74, 6) is 0. The van der Waals surface area contributed by atoms with Gasteiger partial charge in [-0.25, -0.2) is 0 Å². The quantitative estimate of drug-likeness (QED) is 0.579. The molecule has 1 rings (SSSR count). The van der Waals surface area contributed by atoms with Gasteiger partial charge in [0.25, 0.3) is 0 Å². The third kappa shape index (κ3) is 12.3. The van der Waals surface area contributed by atoms with Crippen LogP contribution in [0.25, 0.3) is 0 Å². The van der Waals surface area contributed by atoms with E-state index < -0.39 is 8.34 Å². The molecule has 1 aromatic rings. The average Bonchev–Trinajstić information content (AvgIpc) is 2.08. The molecular weight excluding hydrogens is 298 g/mol. The second kappa shape index (κ2) is 14.8. The van der Waals surface area contributed by atoms with Gasteiger partial charge in [-0.3, -0.25) is 0 Å². The molecule has 0 saturated carbocycles. The minimum absolute atomic E-state index is 0. The Bertz CT molecular complexity index is 227. The van der Waals surface area contributed by atoms with Gasteiger partial charge >= 0.3 is 17.5 Å². The van der Waals surface area contributed by atoms with E-state index in [2.05, 4.69) is 28.1 Å². The van der Waals surface area contributed by atoms with Crippen LogP contribution >= 0.6 is 49.1 Å². The van der Waals surface area contributed by atoms with Crippen molar-refractivity contribution in [3.8, 4) is 0 Å². The molecule has 0 fully saturated rings. The summed E-state index contributed by atoms with van der Waals surface area (Å²) in [6.45, 7) is 0. The van der Waals surface area contributed by atoms with Gasteiger partial charge in [0.15, 0.2) is 0 Å².